The molecule has 4 aromatic rings. The fourth-order valence-corrected chi connectivity index (χ4v) is 4.39. The molecule has 0 aliphatic heterocycles. The molecule has 0 aliphatic rings. The number of fused-ring (bicyclic) bond motifs is 3. The van der Waals surface area contributed by atoms with Gasteiger partial charge in [-0.1, -0.05) is 30.0 Å². The molecule has 2 heterocycles. The van der Waals surface area contributed by atoms with Gasteiger partial charge in [-0.25, -0.2) is 4.98 Å². The van der Waals surface area contributed by atoms with Crippen molar-refractivity contribution in [1.82, 2.24) is 9.55 Å². The standard InChI is InChI=1S/C25H27N3O4S/c1-4-31-13-7-12-28-24(30)23-22(19-8-5-6-9-20(19)32-23)27-25(28)33-15-21(29)26-18-11-10-16(2)17(3)14-18/h5-6,8-11,14H,4,7,12-13,15H2,1-3H3,(H,26,29). The number of carbonyl (C=O) groups is 1. The average molecular weight is 466 g/mol. The molecule has 8 heteroatoms. The molecule has 33 heavy (non-hydrogen) atoms. The van der Waals surface area contributed by atoms with Gasteiger partial charge in [-0.2, -0.15) is 0 Å². The number of aromatic nitrogens is 2. The lowest BCUT2D eigenvalue weighted by Gasteiger charge is -2.12. The summed E-state index contributed by atoms with van der Waals surface area (Å²) in [5.41, 5.74) is 4.16. The van der Waals surface area contributed by atoms with Gasteiger partial charge < -0.3 is 14.5 Å². The maximum absolute atomic E-state index is 13.3. The van der Waals surface area contributed by atoms with Crippen molar-refractivity contribution in [3.05, 3.63) is 63.9 Å². The number of aryl methyl sites for hydroxylation is 2. The highest BCUT2D eigenvalue weighted by Gasteiger charge is 2.18. The molecule has 0 aliphatic carbocycles. The van der Waals surface area contributed by atoms with Crippen LogP contribution in [-0.2, 0) is 16.1 Å². The van der Waals surface area contributed by atoms with Gasteiger partial charge in [0.15, 0.2) is 5.16 Å². The van der Waals surface area contributed by atoms with Gasteiger partial charge in [-0.3, -0.25) is 14.2 Å². The van der Waals surface area contributed by atoms with Crippen LogP contribution >= 0.6 is 11.8 Å². The third-order valence-electron chi connectivity index (χ3n) is 5.44. The largest absolute Gasteiger partial charge is 0.448 e. The molecule has 0 radical (unpaired) electrons. The molecule has 1 N–H and O–H groups in total. The van der Waals surface area contributed by atoms with Crippen molar-refractivity contribution < 1.29 is 13.9 Å². The summed E-state index contributed by atoms with van der Waals surface area (Å²) >= 11 is 1.24. The predicted octanol–water partition coefficient (Wildman–Crippen LogP) is 4.92. The number of hydrogen-bond acceptors (Lipinski definition) is 6. The zero-order valence-corrected chi connectivity index (χ0v) is 19.8. The normalized spacial score (nSPS) is 11.4. The van der Waals surface area contributed by atoms with Crippen molar-refractivity contribution in [1.29, 1.82) is 0 Å². The second-order valence-electron chi connectivity index (χ2n) is 7.81. The Hall–Kier alpha value is -3.10. The first-order valence-corrected chi connectivity index (χ1v) is 12.0. The second-order valence-corrected chi connectivity index (χ2v) is 8.76. The summed E-state index contributed by atoms with van der Waals surface area (Å²) in [6, 6.07) is 13.3. The monoisotopic (exact) mass is 465 g/mol. The highest BCUT2D eigenvalue weighted by Crippen LogP contribution is 2.27. The number of hydrogen-bond donors (Lipinski definition) is 1. The molecule has 0 saturated heterocycles. The van der Waals surface area contributed by atoms with E-state index < -0.39 is 0 Å². The molecular weight excluding hydrogens is 438 g/mol. The van der Waals surface area contributed by atoms with Crippen molar-refractivity contribution in [2.24, 2.45) is 0 Å². The maximum Gasteiger partial charge on any atom is 0.297 e. The van der Waals surface area contributed by atoms with E-state index in [9.17, 15) is 9.59 Å². The summed E-state index contributed by atoms with van der Waals surface area (Å²) in [5, 5.41) is 4.20. The summed E-state index contributed by atoms with van der Waals surface area (Å²) in [5.74, 6) is -0.0259. The molecule has 0 fully saturated rings. The summed E-state index contributed by atoms with van der Waals surface area (Å²) in [4.78, 5) is 30.6. The van der Waals surface area contributed by atoms with Crippen LogP contribution in [0.15, 0.2) is 56.8 Å². The van der Waals surface area contributed by atoms with Gasteiger partial charge in [-0.15, -0.1) is 0 Å². The number of rotatable bonds is 9. The number of carbonyl (C=O) groups excluding carboxylic acids is 1. The van der Waals surface area contributed by atoms with Crippen LogP contribution in [0.3, 0.4) is 0 Å². The third-order valence-corrected chi connectivity index (χ3v) is 6.42. The quantitative estimate of drug-likeness (QED) is 0.215. The molecule has 172 valence electrons. The van der Waals surface area contributed by atoms with Gasteiger partial charge >= 0.3 is 0 Å². The van der Waals surface area contributed by atoms with E-state index in [1.54, 1.807) is 4.57 Å². The highest BCUT2D eigenvalue weighted by molar-refractivity contribution is 7.99. The fourth-order valence-electron chi connectivity index (χ4n) is 3.58. The Morgan fingerprint density at radius 3 is 2.79 bits per heavy atom. The second kappa shape index (κ2) is 10.2. The third kappa shape index (κ3) is 5.12. The maximum atomic E-state index is 13.3. The zero-order chi connectivity index (χ0) is 23.4. The molecule has 7 nitrogen and oxygen atoms in total. The van der Waals surface area contributed by atoms with E-state index in [1.165, 1.54) is 17.3 Å². The number of thioether (sulfide) groups is 1. The summed E-state index contributed by atoms with van der Waals surface area (Å²) < 4.78 is 12.8. The van der Waals surface area contributed by atoms with Gasteiger partial charge in [0, 0.05) is 30.8 Å². The molecule has 0 atom stereocenters. The molecule has 2 aromatic carbocycles. The average Bonchev–Trinajstić information content (AvgIpc) is 3.18. The predicted molar refractivity (Wildman–Crippen MR) is 132 cm³/mol. The Kier molecular flexibility index (Phi) is 7.15. The van der Waals surface area contributed by atoms with E-state index in [1.807, 2.05) is 63.2 Å². The van der Waals surface area contributed by atoms with E-state index in [-0.39, 0.29) is 22.8 Å². The minimum Gasteiger partial charge on any atom is -0.448 e. The molecule has 0 bridgehead atoms. The lowest BCUT2D eigenvalue weighted by molar-refractivity contribution is -0.113. The van der Waals surface area contributed by atoms with Crippen LogP contribution in [0.5, 0.6) is 0 Å². The number of furan rings is 1. The topological polar surface area (TPSA) is 86.4 Å². The van der Waals surface area contributed by atoms with Crippen LogP contribution in [0.25, 0.3) is 22.1 Å². The Balaban J connectivity index is 1.60. The summed E-state index contributed by atoms with van der Waals surface area (Å²) in [7, 11) is 0. The first-order valence-electron chi connectivity index (χ1n) is 11.0. The van der Waals surface area contributed by atoms with Gasteiger partial charge in [0.25, 0.3) is 5.56 Å². The molecular formula is C25H27N3O4S. The van der Waals surface area contributed by atoms with Crippen LogP contribution < -0.4 is 10.9 Å². The van der Waals surface area contributed by atoms with E-state index in [0.717, 1.165) is 16.6 Å². The van der Waals surface area contributed by atoms with E-state index in [4.69, 9.17) is 14.1 Å². The van der Waals surface area contributed by atoms with Crippen LogP contribution in [0.1, 0.15) is 24.5 Å². The summed E-state index contributed by atoms with van der Waals surface area (Å²) in [6.07, 6.45) is 0.656. The molecule has 0 unspecified atom stereocenters. The van der Waals surface area contributed by atoms with Crippen molar-refractivity contribution >= 4 is 45.4 Å². The lowest BCUT2D eigenvalue weighted by Crippen LogP contribution is -2.24. The van der Waals surface area contributed by atoms with Crippen LogP contribution in [0.2, 0.25) is 0 Å². The Morgan fingerprint density at radius 2 is 2.00 bits per heavy atom. The van der Waals surface area contributed by atoms with Crippen LogP contribution in [-0.4, -0.2) is 34.4 Å². The summed E-state index contributed by atoms with van der Waals surface area (Å²) in [6.45, 7) is 7.57. The highest BCUT2D eigenvalue weighted by atomic mass is 32.2. The first-order chi connectivity index (χ1) is 16.0. The van der Waals surface area contributed by atoms with Crippen molar-refractivity contribution in [3.8, 4) is 0 Å². The van der Waals surface area contributed by atoms with Crippen LogP contribution in [0, 0.1) is 13.8 Å². The number of benzene rings is 2. The molecule has 1 amide bonds. The molecule has 4 rings (SSSR count). The van der Waals surface area contributed by atoms with Crippen molar-refractivity contribution in [3.63, 3.8) is 0 Å². The fraction of sp³-hybridized carbons (Fsp3) is 0.320. The Bertz CT molecular complexity index is 1360. The molecule has 0 spiro atoms. The number of ether oxygens (including phenoxy) is 1. The molecule has 2 aromatic heterocycles. The minimum absolute atomic E-state index is 0.131. The smallest absolute Gasteiger partial charge is 0.297 e. The lowest BCUT2D eigenvalue weighted by atomic mass is 10.1. The SMILES string of the molecule is CCOCCCn1c(SCC(=O)Nc2ccc(C)c(C)c2)nc2c(oc3ccccc32)c1=O. The number of nitrogens with one attached hydrogen (secondary N) is 1. The zero-order valence-electron chi connectivity index (χ0n) is 19.0. The Labute approximate surface area is 196 Å². The van der Waals surface area contributed by atoms with Gasteiger partial charge in [0.1, 0.15) is 11.1 Å². The van der Waals surface area contributed by atoms with Crippen LogP contribution in [0.4, 0.5) is 5.69 Å². The van der Waals surface area contributed by atoms with E-state index >= 15 is 0 Å². The van der Waals surface area contributed by atoms with Gasteiger partial charge in [-0.05, 0) is 62.6 Å². The van der Waals surface area contributed by atoms with Crippen molar-refractivity contribution in [2.45, 2.75) is 38.9 Å². The van der Waals surface area contributed by atoms with Gasteiger partial charge in [0.05, 0.1) is 5.75 Å². The minimum atomic E-state index is -0.246. The number of para-hydroxylation sites is 1. The number of amides is 1. The van der Waals surface area contributed by atoms with Crippen molar-refractivity contribution in [2.75, 3.05) is 24.3 Å². The Morgan fingerprint density at radius 1 is 1.18 bits per heavy atom. The first kappa shape index (κ1) is 23.1. The van der Waals surface area contributed by atoms with E-state index in [2.05, 4.69) is 5.32 Å². The van der Waals surface area contributed by atoms with Gasteiger partial charge in [0.2, 0.25) is 11.5 Å². The molecule has 0 saturated carbocycles. The number of nitrogens with zero attached hydrogens (tertiary/aromatic N) is 2. The van der Waals surface area contributed by atoms with E-state index in [0.29, 0.717) is 42.4 Å². The number of anilines is 1.